The van der Waals surface area contributed by atoms with Crippen molar-refractivity contribution < 1.29 is 14.4 Å². The molecule has 4 aromatic carbocycles. The molecule has 3 aliphatic rings. The number of para-hydroxylation sites is 1. The standard InChI is InChI=1S/C35H27ClN2O3/c1-20-12-17-28-25(18-20)21(2)19-29-35(26-10-6-7-11-27(26)37-34(35)41)30(32(39)23-13-15-24(36)16-14-23)31(38(28)29)33(40)22-8-4-3-5-9-22/h3-19,29-31H,1-2H3,(H,37,41)/t29-,30+,31-,35-/m0/s1. The Hall–Kier alpha value is -4.48. The molecule has 4 atom stereocenters. The zero-order valence-electron chi connectivity index (χ0n) is 22.6. The van der Waals surface area contributed by atoms with E-state index in [0.717, 1.165) is 28.0 Å². The van der Waals surface area contributed by atoms with Crippen molar-refractivity contribution in [1.82, 2.24) is 0 Å². The molecule has 1 N–H and O–H groups in total. The summed E-state index contributed by atoms with van der Waals surface area (Å²) in [4.78, 5) is 45.9. The van der Waals surface area contributed by atoms with E-state index in [4.69, 9.17) is 11.6 Å². The second-order valence-electron chi connectivity index (χ2n) is 11.1. The second kappa shape index (κ2) is 9.28. The highest BCUT2D eigenvalue weighted by Crippen LogP contribution is 2.58. The van der Waals surface area contributed by atoms with E-state index >= 15 is 0 Å². The highest BCUT2D eigenvalue weighted by molar-refractivity contribution is 6.30. The predicted octanol–water partition coefficient (Wildman–Crippen LogP) is 6.89. The summed E-state index contributed by atoms with van der Waals surface area (Å²) in [5, 5.41) is 3.58. The summed E-state index contributed by atoms with van der Waals surface area (Å²) in [7, 11) is 0. The number of hydrogen-bond acceptors (Lipinski definition) is 4. The molecule has 3 aliphatic heterocycles. The van der Waals surface area contributed by atoms with Gasteiger partial charge in [-0.3, -0.25) is 14.4 Å². The Morgan fingerprint density at radius 3 is 2.27 bits per heavy atom. The van der Waals surface area contributed by atoms with Crippen LogP contribution in [0.1, 0.15) is 44.3 Å². The Labute approximate surface area is 243 Å². The molecule has 1 saturated heterocycles. The molecule has 6 heteroatoms. The van der Waals surface area contributed by atoms with Gasteiger partial charge in [-0.25, -0.2) is 0 Å². The van der Waals surface area contributed by atoms with Gasteiger partial charge in [-0.15, -0.1) is 0 Å². The molecule has 3 heterocycles. The van der Waals surface area contributed by atoms with E-state index in [0.29, 0.717) is 21.8 Å². The second-order valence-corrected chi connectivity index (χ2v) is 11.6. The Bertz CT molecular complexity index is 1780. The minimum atomic E-state index is -1.34. The molecule has 5 nitrogen and oxygen atoms in total. The third kappa shape index (κ3) is 3.58. The van der Waals surface area contributed by atoms with Gasteiger partial charge >= 0.3 is 0 Å². The highest BCUT2D eigenvalue weighted by atomic mass is 35.5. The number of benzene rings is 4. The van der Waals surface area contributed by atoms with Crippen molar-refractivity contribution in [1.29, 1.82) is 0 Å². The summed E-state index contributed by atoms with van der Waals surface area (Å²) in [5.74, 6) is -1.75. The molecule has 1 fully saturated rings. The number of Topliss-reactive ketones (excluding diaryl/α,β-unsaturated/α-hetero) is 2. The molecule has 0 saturated carbocycles. The molecule has 0 aliphatic carbocycles. The summed E-state index contributed by atoms with van der Waals surface area (Å²) >= 11 is 6.18. The van der Waals surface area contributed by atoms with Crippen LogP contribution in [0.25, 0.3) is 5.57 Å². The van der Waals surface area contributed by atoms with E-state index in [1.807, 2.05) is 73.3 Å². The minimum Gasteiger partial charge on any atom is -0.352 e. The molecular formula is C35H27ClN2O3. The first-order chi connectivity index (χ1) is 19.8. The fourth-order valence-corrected chi connectivity index (χ4v) is 7.24. The van der Waals surface area contributed by atoms with Crippen LogP contribution >= 0.6 is 11.6 Å². The monoisotopic (exact) mass is 558 g/mol. The number of anilines is 2. The number of ketones is 2. The molecule has 1 amide bonds. The molecule has 0 unspecified atom stereocenters. The van der Waals surface area contributed by atoms with E-state index in [2.05, 4.69) is 17.5 Å². The van der Waals surface area contributed by atoms with Gasteiger partial charge < -0.3 is 10.2 Å². The highest BCUT2D eigenvalue weighted by Gasteiger charge is 2.70. The largest absolute Gasteiger partial charge is 0.352 e. The van der Waals surface area contributed by atoms with Crippen LogP contribution in [-0.4, -0.2) is 29.6 Å². The number of halogens is 1. The molecule has 7 rings (SSSR count). The van der Waals surface area contributed by atoms with E-state index in [1.165, 1.54) is 0 Å². The smallest absolute Gasteiger partial charge is 0.238 e. The molecule has 0 aromatic heterocycles. The van der Waals surface area contributed by atoms with Gasteiger partial charge in [0.05, 0.1) is 12.0 Å². The number of fused-ring (bicyclic) bond motifs is 6. The summed E-state index contributed by atoms with van der Waals surface area (Å²) in [5.41, 5.74) is 4.90. The lowest BCUT2D eigenvalue weighted by Crippen LogP contribution is -2.51. The van der Waals surface area contributed by atoms with Crippen molar-refractivity contribution in [2.24, 2.45) is 5.92 Å². The minimum absolute atomic E-state index is 0.198. The first-order valence-corrected chi connectivity index (χ1v) is 14.1. The summed E-state index contributed by atoms with van der Waals surface area (Å²) < 4.78 is 0. The Morgan fingerprint density at radius 1 is 0.829 bits per heavy atom. The number of allylic oxidation sites excluding steroid dienone is 1. The van der Waals surface area contributed by atoms with Crippen molar-refractivity contribution in [2.75, 3.05) is 10.2 Å². The van der Waals surface area contributed by atoms with E-state index < -0.39 is 23.4 Å². The van der Waals surface area contributed by atoms with Gasteiger partial charge in [0.1, 0.15) is 11.5 Å². The average molecular weight is 559 g/mol. The summed E-state index contributed by atoms with van der Waals surface area (Å²) in [6.45, 7) is 4.07. The average Bonchev–Trinajstić information content (AvgIpc) is 3.45. The first-order valence-electron chi connectivity index (χ1n) is 13.7. The van der Waals surface area contributed by atoms with Crippen LogP contribution in [0.5, 0.6) is 0 Å². The van der Waals surface area contributed by atoms with Crippen molar-refractivity contribution in [3.8, 4) is 0 Å². The number of carbonyl (C=O) groups is 3. The van der Waals surface area contributed by atoms with Crippen LogP contribution in [0.2, 0.25) is 5.02 Å². The van der Waals surface area contributed by atoms with Gasteiger partial charge in [-0.05, 0) is 67.4 Å². The maximum absolute atomic E-state index is 14.8. The van der Waals surface area contributed by atoms with Crippen LogP contribution < -0.4 is 10.2 Å². The molecule has 0 radical (unpaired) electrons. The third-order valence-electron chi connectivity index (χ3n) is 8.87. The number of amides is 1. The van der Waals surface area contributed by atoms with Crippen LogP contribution in [0.4, 0.5) is 11.4 Å². The number of aryl methyl sites for hydroxylation is 1. The van der Waals surface area contributed by atoms with Crippen molar-refractivity contribution in [3.05, 3.63) is 136 Å². The van der Waals surface area contributed by atoms with Gasteiger partial charge in [0.2, 0.25) is 5.91 Å². The van der Waals surface area contributed by atoms with Gasteiger partial charge in [0.25, 0.3) is 0 Å². The summed E-state index contributed by atoms with van der Waals surface area (Å²) in [6, 6.07) is 27.9. The maximum Gasteiger partial charge on any atom is 0.238 e. The quantitative estimate of drug-likeness (QED) is 0.277. The van der Waals surface area contributed by atoms with E-state index in [-0.39, 0.29) is 17.5 Å². The normalized spacial score (nSPS) is 23.9. The number of nitrogens with zero attached hydrogens (tertiary/aromatic N) is 1. The predicted molar refractivity (Wildman–Crippen MR) is 162 cm³/mol. The van der Waals surface area contributed by atoms with Gasteiger partial charge in [0.15, 0.2) is 11.6 Å². The lowest BCUT2D eigenvalue weighted by atomic mass is 9.64. The number of nitrogens with one attached hydrogen (secondary N) is 1. The number of rotatable bonds is 4. The molecular weight excluding hydrogens is 532 g/mol. The third-order valence-corrected chi connectivity index (χ3v) is 9.12. The fraction of sp³-hybridized carbons (Fsp3) is 0.171. The van der Waals surface area contributed by atoms with Gasteiger partial charge in [-0.2, -0.15) is 0 Å². The van der Waals surface area contributed by atoms with Crippen molar-refractivity contribution in [2.45, 2.75) is 31.3 Å². The molecule has 4 aromatic rings. The number of hydrogen-bond donors (Lipinski definition) is 1. The summed E-state index contributed by atoms with van der Waals surface area (Å²) in [6.07, 6.45) is 2.07. The SMILES string of the molecule is CC1=C[C@@H]2N(c3ccc(C)cc31)[C@H](C(=O)c1ccccc1)[C@H](C(=O)c1ccc(Cl)cc1)[C@@]21C(=O)Nc2ccccc21. The zero-order chi connectivity index (χ0) is 28.5. The van der Waals surface area contributed by atoms with Crippen LogP contribution in [0, 0.1) is 12.8 Å². The Balaban J connectivity index is 1.56. The topological polar surface area (TPSA) is 66.5 Å². The molecule has 41 heavy (non-hydrogen) atoms. The van der Waals surface area contributed by atoms with Crippen LogP contribution in [-0.2, 0) is 10.2 Å². The van der Waals surface area contributed by atoms with Gasteiger partial charge in [-0.1, -0.05) is 77.8 Å². The van der Waals surface area contributed by atoms with E-state index in [1.54, 1.807) is 36.4 Å². The van der Waals surface area contributed by atoms with E-state index in [9.17, 15) is 14.4 Å². The maximum atomic E-state index is 14.8. The lowest BCUT2D eigenvalue weighted by molar-refractivity contribution is -0.121. The Kier molecular flexibility index (Phi) is 5.77. The first kappa shape index (κ1) is 25.5. The van der Waals surface area contributed by atoms with Gasteiger partial charge in [0, 0.05) is 33.1 Å². The van der Waals surface area contributed by atoms with Crippen molar-refractivity contribution >= 4 is 46.0 Å². The van der Waals surface area contributed by atoms with Crippen LogP contribution in [0.15, 0.2) is 103 Å². The molecule has 202 valence electrons. The Morgan fingerprint density at radius 2 is 1.51 bits per heavy atom. The fourth-order valence-electron chi connectivity index (χ4n) is 7.11. The van der Waals surface area contributed by atoms with Crippen LogP contribution in [0.3, 0.4) is 0 Å². The number of carbonyl (C=O) groups excluding carboxylic acids is 3. The molecule has 0 bridgehead atoms. The van der Waals surface area contributed by atoms with Crippen molar-refractivity contribution in [3.63, 3.8) is 0 Å². The lowest BCUT2D eigenvalue weighted by Gasteiger charge is -2.39. The molecule has 1 spiro atoms. The zero-order valence-corrected chi connectivity index (χ0v) is 23.4.